The van der Waals surface area contributed by atoms with E-state index in [0.717, 1.165) is 11.1 Å². The maximum atomic E-state index is 12.7. The number of carbonyl (C=O) groups is 2. The molecule has 0 spiro atoms. The second-order valence-electron chi connectivity index (χ2n) is 6.85. The molecule has 1 saturated heterocycles. The van der Waals surface area contributed by atoms with Crippen LogP contribution in [-0.4, -0.2) is 41.5 Å². The Kier molecular flexibility index (Phi) is 6.48. The highest BCUT2D eigenvalue weighted by molar-refractivity contribution is 6.30. The first kappa shape index (κ1) is 19.4. The van der Waals surface area contributed by atoms with E-state index in [9.17, 15) is 9.59 Å². The van der Waals surface area contributed by atoms with Crippen LogP contribution in [0.2, 0.25) is 5.02 Å². The van der Waals surface area contributed by atoms with Gasteiger partial charge in [-0.15, -0.1) is 0 Å². The molecule has 0 aliphatic carbocycles. The molecule has 1 amide bonds. The van der Waals surface area contributed by atoms with E-state index in [0.29, 0.717) is 31.0 Å². The van der Waals surface area contributed by atoms with Crippen LogP contribution in [0, 0.1) is 5.92 Å². The van der Waals surface area contributed by atoms with Gasteiger partial charge in [-0.3, -0.25) is 14.5 Å². The predicted molar refractivity (Wildman–Crippen MR) is 105 cm³/mol. The molecule has 0 aromatic heterocycles. The van der Waals surface area contributed by atoms with Crippen molar-refractivity contribution in [3.05, 3.63) is 70.7 Å². The maximum Gasteiger partial charge on any atom is 0.306 e. The van der Waals surface area contributed by atoms with E-state index < -0.39 is 5.97 Å². The van der Waals surface area contributed by atoms with Crippen molar-refractivity contribution >= 4 is 23.5 Å². The van der Waals surface area contributed by atoms with Crippen molar-refractivity contribution in [2.75, 3.05) is 19.6 Å². The Hall–Kier alpha value is -2.37. The van der Waals surface area contributed by atoms with Gasteiger partial charge < -0.3 is 10.4 Å². The average molecular weight is 387 g/mol. The summed E-state index contributed by atoms with van der Waals surface area (Å²) in [6.45, 7) is 1.51. The van der Waals surface area contributed by atoms with Crippen LogP contribution in [0.25, 0.3) is 0 Å². The summed E-state index contributed by atoms with van der Waals surface area (Å²) in [4.78, 5) is 25.7. The van der Waals surface area contributed by atoms with E-state index in [-0.39, 0.29) is 24.4 Å². The maximum absolute atomic E-state index is 12.7. The van der Waals surface area contributed by atoms with Gasteiger partial charge in [-0.25, -0.2) is 0 Å². The van der Waals surface area contributed by atoms with Crippen LogP contribution in [0.1, 0.15) is 30.0 Å². The molecular weight excluding hydrogens is 364 g/mol. The number of likely N-dealkylation sites (tertiary alicyclic amines) is 1. The van der Waals surface area contributed by atoms with Crippen LogP contribution in [0.3, 0.4) is 0 Å². The van der Waals surface area contributed by atoms with Gasteiger partial charge in [0.1, 0.15) is 0 Å². The van der Waals surface area contributed by atoms with Gasteiger partial charge in [-0.05, 0) is 49.2 Å². The Labute approximate surface area is 163 Å². The molecule has 1 aliphatic heterocycles. The molecule has 27 heavy (non-hydrogen) atoms. The molecule has 1 unspecified atom stereocenters. The second-order valence-corrected chi connectivity index (χ2v) is 7.29. The van der Waals surface area contributed by atoms with Crippen molar-refractivity contribution in [1.82, 2.24) is 10.2 Å². The SMILES string of the molecule is O=C(CN1CCC(C(=O)O)CC1)NC(c1ccccc1)c1cccc(Cl)c1. The molecule has 0 radical (unpaired) electrons. The summed E-state index contributed by atoms with van der Waals surface area (Å²) >= 11 is 6.14. The lowest BCUT2D eigenvalue weighted by Crippen LogP contribution is -2.43. The Balaban J connectivity index is 1.67. The van der Waals surface area contributed by atoms with Crippen LogP contribution in [0.5, 0.6) is 0 Å². The molecule has 1 heterocycles. The number of aliphatic carboxylic acids is 1. The molecule has 3 rings (SSSR count). The number of carbonyl (C=O) groups excluding carboxylic acids is 1. The fraction of sp³-hybridized carbons (Fsp3) is 0.333. The summed E-state index contributed by atoms with van der Waals surface area (Å²) in [6, 6.07) is 17.0. The minimum Gasteiger partial charge on any atom is -0.481 e. The largest absolute Gasteiger partial charge is 0.481 e. The molecular formula is C21H23ClN2O3. The van der Waals surface area contributed by atoms with Crippen molar-refractivity contribution in [1.29, 1.82) is 0 Å². The van der Waals surface area contributed by atoms with Gasteiger partial charge in [0.2, 0.25) is 5.91 Å². The van der Waals surface area contributed by atoms with Gasteiger partial charge >= 0.3 is 5.97 Å². The summed E-state index contributed by atoms with van der Waals surface area (Å²) in [6.07, 6.45) is 1.16. The average Bonchev–Trinajstić information content (AvgIpc) is 2.67. The standard InChI is InChI=1S/C21H23ClN2O3/c22-18-8-4-7-17(13-18)20(15-5-2-1-3-6-15)23-19(25)14-24-11-9-16(10-12-24)21(26)27/h1-8,13,16,20H,9-12,14H2,(H,23,25)(H,26,27). The minimum atomic E-state index is -0.746. The van der Waals surface area contributed by atoms with E-state index in [4.69, 9.17) is 16.7 Å². The monoisotopic (exact) mass is 386 g/mol. The van der Waals surface area contributed by atoms with Crippen LogP contribution < -0.4 is 5.32 Å². The van der Waals surface area contributed by atoms with Crippen molar-refractivity contribution in [2.45, 2.75) is 18.9 Å². The summed E-state index contributed by atoms with van der Waals surface area (Å²) in [7, 11) is 0. The topological polar surface area (TPSA) is 69.6 Å². The number of hydrogen-bond donors (Lipinski definition) is 2. The fourth-order valence-corrected chi connectivity index (χ4v) is 3.64. The third-order valence-corrected chi connectivity index (χ3v) is 5.16. The first-order chi connectivity index (χ1) is 13.0. The number of halogens is 1. The van der Waals surface area contributed by atoms with Gasteiger partial charge in [0, 0.05) is 5.02 Å². The van der Waals surface area contributed by atoms with E-state index in [1.54, 1.807) is 0 Å². The van der Waals surface area contributed by atoms with Gasteiger partial charge in [-0.1, -0.05) is 54.1 Å². The highest BCUT2D eigenvalue weighted by atomic mass is 35.5. The number of nitrogens with one attached hydrogen (secondary N) is 1. The van der Waals surface area contributed by atoms with E-state index in [1.807, 2.05) is 59.5 Å². The lowest BCUT2D eigenvalue weighted by Gasteiger charge is -2.30. The number of nitrogens with zero attached hydrogens (tertiary/aromatic N) is 1. The highest BCUT2D eigenvalue weighted by Crippen LogP contribution is 2.24. The Bertz CT molecular complexity index is 789. The molecule has 2 aromatic rings. The van der Waals surface area contributed by atoms with Gasteiger partial charge in [-0.2, -0.15) is 0 Å². The molecule has 2 N–H and O–H groups in total. The first-order valence-electron chi connectivity index (χ1n) is 9.08. The van der Waals surface area contributed by atoms with Gasteiger partial charge in [0.15, 0.2) is 0 Å². The molecule has 1 aliphatic rings. The van der Waals surface area contributed by atoms with E-state index in [2.05, 4.69) is 5.32 Å². The molecule has 1 fully saturated rings. The second kappa shape index (κ2) is 9.02. The number of piperidine rings is 1. The van der Waals surface area contributed by atoms with Crippen molar-refractivity contribution in [2.24, 2.45) is 5.92 Å². The lowest BCUT2D eigenvalue weighted by molar-refractivity contribution is -0.143. The Morgan fingerprint density at radius 1 is 1.07 bits per heavy atom. The summed E-state index contributed by atoms with van der Waals surface area (Å²) in [5.41, 5.74) is 1.91. The minimum absolute atomic E-state index is 0.0856. The number of hydrogen-bond acceptors (Lipinski definition) is 3. The summed E-state index contributed by atoms with van der Waals surface area (Å²) < 4.78 is 0. The number of rotatable bonds is 6. The number of carboxylic acids is 1. The molecule has 5 nitrogen and oxygen atoms in total. The zero-order valence-electron chi connectivity index (χ0n) is 15.0. The molecule has 0 bridgehead atoms. The normalized spacial score (nSPS) is 16.6. The van der Waals surface area contributed by atoms with Crippen LogP contribution >= 0.6 is 11.6 Å². The van der Waals surface area contributed by atoms with Crippen LogP contribution in [0.15, 0.2) is 54.6 Å². The third kappa shape index (κ3) is 5.31. The predicted octanol–water partition coefficient (Wildman–Crippen LogP) is 3.34. The third-order valence-electron chi connectivity index (χ3n) is 4.92. The fourth-order valence-electron chi connectivity index (χ4n) is 3.44. The van der Waals surface area contributed by atoms with E-state index >= 15 is 0 Å². The summed E-state index contributed by atoms with van der Waals surface area (Å²) in [5, 5.41) is 12.8. The van der Waals surface area contributed by atoms with Crippen molar-refractivity contribution < 1.29 is 14.7 Å². The molecule has 2 aromatic carbocycles. The zero-order valence-corrected chi connectivity index (χ0v) is 15.7. The zero-order chi connectivity index (χ0) is 19.2. The lowest BCUT2D eigenvalue weighted by atomic mass is 9.97. The number of carboxylic acid groups (broad SMARTS) is 1. The molecule has 1 atom stereocenters. The van der Waals surface area contributed by atoms with E-state index in [1.165, 1.54) is 0 Å². The number of amides is 1. The first-order valence-corrected chi connectivity index (χ1v) is 9.45. The highest BCUT2D eigenvalue weighted by Gasteiger charge is 2.26. The van der Waals surface area contributed by atoms with Crippen LogP contribution in [-0.2, 0) is 9.59 Å². The van der Waals surface area contributed by atoms with Crippen LogP contribution in [0.4, 0.5) is 0 Å². The number of benzene rings is 2. The quantitative estimate of drug-likeness (QED) is 0.798. The smallest absolute Gasteiger partial charge is 0.306 e. The van der Waals surface area contributed by atoms with Gasteiger partial charge in [0.05, 0.1) is 18.5 Å². The Morgan fingerprint density at radius 2 is 1.74 bits per heavy atom. The van der Waals surface area contributed by atoms with Crippen molar-refractivity contribution in [3.8, 4) is 0 Å². The Morgan fingerprint density at radius 3 is 2.37 bits per heavy atom. The molecule has 6 heteroatoms. The van der Waals surface area contributed by atoms with Gasteiger partial charge in [0.25, 0.3) is 0 Å². The molecule has 142 valence electrons. The van der Waals surface area contributed by atoms with Crippen molar-refractivity contribution in [3.63, 3.8) is 0 Å². The molecule has 0 saturated carbocycles. The summed E-state index contributed by atoms with van der Waals surface area (Å²) in [5.74, 6) is -1.13.